The first-order valence-corrected chi connectivity index (χ1v) is 10.5. The lowest BCUT2D eigenvalue weighted by atomic mass is 9.88. The third-order valence-electron chi connectivity index (χ3n) is 4.73. The summed E-state index contributed by atoms with van der Waals surface area (Å²) in [4.78, 5) is 12.5. The van der Waals surface area contributed by atoms with Gasteiger partial charge in [0, 0.05) is 4.47 Å². The van der Waals surface area contributed by atoms with E-state index in [-0.39, 0.29) is 4.90 Å². The number of carbonyl (C=O) groups is 1. The monoisotopic (exact) mass is 437 g/mol. The summed E-state index contributed by atoms with van der Waals surface area (Å²) in [5.41, 5.74) is 2.25. The summed E-state index contributed by atoms with van der Waals surface area (Å²) in [7, 11) is -2.51. The highest BCUT2D eigenvalue weighted by Gasteiger charge is 2.42. The van der Waals surface area contributed by atoms with Crippen LogP contribution in [-0.4, -0.2) is 27.5 Å². The lowest BCUT2D eigenvalue weighted by Crippen LogP contribution is -2.49. The van der Waals surface area contributed by atoms with Crippen LogP contribution in [0.1, 0.15) is 18.1 Å². The zero-order valence-electron chi connectivity index (χ0n) is 14.8. The number of esters is 1. The van der Waals surface area contributed by atoms with Gasteiger partial charge in [-0.05, 0) is 55.7 Å². The first-order valence-electron chi connectivity index (χ1n) is 8.23. The summed E-state index contributed by atoms with van der Waals surface area (Å²) in [5, 5.41) is 0. The molecule has 0 fully saturated rings. The maximum absolute atomic E-state index is 13.4. The largest absolute Gasteiger partial charge is 0.469 e. The van der Waals surface area contributed by atoms with Gasteiger partial charge >= 0.3 is 5.97 Å². The maximum atomic E-state index is 13.4. The van der Waals surface area contributed by atoms with Crippen LogP contribution in [0.3, 0.4) is 0 Å². The van der Waals surface area contributed by atoms with Gasteiger partial charge < -0.3 is 4.74 Å². The van der Waals surface area contributed by atoms with Crippen molar-refractivity contribution in [2.24, 2.45) is 5.92 Å². The number of anilines is 1. The zero-order valence-corrected chi connectivity index (χ0v) is 17.2. The molecule has 0 aliphatic carbocycles. The molecule has 138 valence electrons. The van der Waals surface area contributed by atoms with Crippen LogP contribution in [0.5, 0.6) is 0 Å². The molecule has 2 atom stereocenters. The Bertz CT molecular complexity index is 958. The van der Waals surface area contributed by atoms with Gasteiger partial charge in [-0.15, -0.1) is 0 Å². The van der Waals surface area contributed by atoms with Crippen LogP contribution in [0.2, 0.25) is 0 Å². The van der Waals surface area contributed by atoms with Gasteiger partial charge in [0.1, 0.15) is 0 Å². The average Bonchev–Trinajstić information content (AvgIpc) is 2.60. The number of hydrogen-bond donors (Lipinski definition) is 0. The molecule has 0 unspecified atom stereocenters. The van der Waals surface area contributed by atoms with Gasteiger partial charge in [0.2, 0.25) is 0 Å². The number of nitrogens with zero attached hydrogens (tertiary/aromatic N) is 1. The number of aryl methyl sites for hydroxylation is 1. The van der Waals surface area contributed by atoms with Crippen molar-refractivity contribution >= 4 is 37.6 Å². The minimum absolute atomic E-state index is 0.209. The fourth-order valence-electron chi connectivity index (χ4n) is 3.37. The van der Waals surface area contributed by atoms with E-state index < -0.39 is 28.0 Å². The molecule has 3 rings (SSSR count). The Hall–Kier alpha value is -1.86. The summed E-state index contributed by atoms with van der Waals surface area (Å²) in [6.07, 6.45) is 0.441. The molecule has 1 aliphatic rings. The Morgan fingerprint density at radius 1 is 1.23 bits per heavy atom. The van der Waals surface area contributed by atoms with Crippen LogP contribution in [0.4, 0.5) is 5.69 Å². The summed E-state index contributed by atoms with van der Waals surface area (Å²) in [6.45, 7) is 3.60. The fraction of sp³-hybridized carbons (Fsp3) is 0.316. The summed E-state index contributed by atoms with van der Waals surface area (Å²) >= 11 is 3.42. The molecule has 1 aliphatic heterocycles. The molecule has 0 saturated heterocycles. The highest BCUT2D eigenvalue weighted by atomic mass is 79.9. The van der Waals surface area contributed by atoms with Gasteiger partial charge in [0.25, 0.3) is 10.0 Å². The Balaban J connectivity index is 2.20. The van der Waals surface area contributed by atoms with Crippen molar-refractivity contribution < 1.29 is 17.9 Å². The Kier molecular flexibility index (Phi) is 5.12. The molecular formula is C19H20BrNO4S. The number of carbonyl (C=O) groups excluding carboxylic acids is 1. The van der Waals surface area contributed by atoms with Gasteiger partial charge in [-0.3, -0.25) is 9.10 Å². The van der Waals surface area contributed by atoms with E-state index >= 15 is 0 Å². The normalized spacial score (nSPS) is 19.8. The summed E-state index contributed by atoms with van der Waals surface area (Å²) < 4.78 is 33.9. The van der Waals surface area contributed by atoms with E-state index in [4.69, 9.17) is 4.74 Å². The second kappa shape index (κ2) is 7.04. The Morgan fingerprint density at radius 3 is 2.62 bits per heavy atom. The van der Waals surface area contributed by atoms with Crippen molar-refractivity contribution in [3.63, 3.8) is 0 Å². The average molecular weight is 438 g/mol. The molecule has 1 heterocycles. The van der Waals surface area contributed by atoms with Crippen molar-refractivity contribution in [1.82, 2.24) is 0 Å². The van der Waals surface area contributed by atoms with Crippen molar-refractivity contribution in [3.8, 4) is 0 Å². The van der Waals surface area contributed by atoms with E-state index in [0.29, 0.717) is 12.1 Å². The predicted molar refractivity (Wildman–Crippen MR) is 104 cm³/mol. The van der Waals surface area contributed by atoms with Gasteiger partial charge in [-0.25, -0.2) is 8.42 Å². The third-order valence-corrected chi connectivity index (χ3v) is 7.12. The summed E-state index contributed by atoms with van der Waals surface area (Å²) in [5.74, 6) is -0.969. The number of hydrogen-bond acceptors (Lipinski definition) is 4. The topological polar surface area (TPSA) is 63.7 Å². The Morgan fingerprint density at radius 2 is 1.96 bits per heavy atom. The van der Waals surface area contributed by atoms with Gasteiger partial charge in [0.05, 0.1) is 29.7 Å². The molecule has 2 aromatic rings. The molecule has 0 radical (unpaired) electrons. The quantitative estimate of drug-likeness (QED) is 0.686. The zero-order chi connectivity index (χ0) is 19.1. The number of benzene rings is 2. The van der Waals surface area contributed by atoms with Gasteiger partial charge in [-0.2, -0.15) is 0 Å². The molecule has 0 aromatic heterocycles. The van der Waals surface area contributed by atoms with Crippen molar-refractivity contribution in [1.29, 1.82) is 0 Å². The van der Waals surface area contributed by atoms with E-state index in [1.165, 1.54) is 11.4 Å². The van der Waals surface area contributed by atoms with Crippen LogP contribution < -0.4 is 4.31 Å². The molecule has 0 amide bonds. The number of halogens is 1. The number of rotatable bonds is 3. The lowest BCUT2D eigenvalue weighted by molar-refractivity contribution is -0.146. The number of ether oxygens (including phenoxy) is 1. The molecule has 0 saturated carbocycles. The highest BCUT2D eigenvalue weighted by Crippen LogP contribution is 2.39. The molecule has 26 heavy (non-hydrogen) atoms. The maximum Gasteiger partial charge on any atom is 0.311 e. The van der Waals surface area contributed by atoms with Gasteiger partial charge in [0.15, 0.2) is 0 Å². The van der Waals surface area contributed by atoms with E-state index in [2.05, 4.69) is 15.9 Å². The van der Waals surface area contributed by atoms with E-state index in [1.54, 1.807) is 31.2 Å². The molecule has 5 nitrogen and oxygen atoms in total. The van der Waals surface area contributed by atoms with E-state index in [1.807, 2.05) is 25.1 Å². The molecule has 0 spiro atoms. The second-order valence-electron chi connectivity index (χ2n) is 6.46. The fourth-order valence-corrected chi connectivity index (χ4v) is 5.55. The van der Waals surface area contributed by atoms with E-state index in [9.17, 15) is 13.2 Å². The van der Waals surface area contributed by atoms with Crippen molar-refractivity contribution in [2.45, 2.75) is 31.2 Å². The SMILES string of the molecule is COC(=O)[C@@H]1Cc2ccc(Br)cc2N(S(=O)(=O)c2cccc(C)c2)[C@@H]1C. The van der Waals surface area contributed by atoms with E-state index in [0.717, 1.165) is 15.6 Å². The first kappa shape index (κ1) is 18.9. The van der Waals surface area contributed by atoms with Crippen LogP contribution >= 0.6 is 15.9 Å². The predicted octanol–water partition coefficient (Wildman–Crippen LogP) is 3.69. The lowest BCUT2D eigenvalue weighted by Gasteiger charge is -2.40. The summed E-state index contributed by atoms with van der Waals surface area (Å²) in [6, 6.07) is 11.7. The molecular weight excluding hydrogens is 418 g/mol. The van der Waals surface area contributed by atoms with Crippen molar-refractivity contribution in [2.75, 3.05) is 11.4 Å². The number of fused-ring (bicyclic) bond motifs is 1. The first-order chi connectivity index (χ1) is 12.3. The molecule has 7 heteroatoms. The minimum atomic E-state index is -3.83. The minimum Gasteiger partial charge on any atom is -0.469 e. The molecule has 0 bridgehead atoms. The third kappa shape index (κ3) is 3.25. The van der Waals surface area contributed by atoms with Gasteiger partial charge in [-0.1, -0.05) is 34.1 Å². The highest BCUT2D eigenvalue weighted by molar-refractivity contribution is 9.10. The standard InChI is InChI=1S/C19H20BrNO4S/c1-12-5-4-6-16(9-12)26(23,24)21-13(2)17(19(22)25-3)10-14-7-8-15(20)11-18(14)21/h4-9,11,13,17H,10H2,1-3H3/t13-,17-/m1/s1. The van der Waals surface area contributed by atoms with Crippen LogP contribution in [0.15, 0.2) is 51.8 Å². The van der Waals surface area contributed by atoms with Crippen LogP contribution in [0.25, 0.3) is 0 Å². The second-order valence-corrected chi connectivity index (χ2v) is 9.20. The molecule has 0 N–H and O–H groups in total. The Labute approximate surface area is 162 Å². The smallest absolute Gasteiger partial charge is 0.311 e. The number of methoxy groups -OCH3 is 1. The van der Waals surface area contributed by atoms with Crippen LogP contribution in [0, 0.1) is 12.8 Å². The number of sulfonamides is 1. The molecule has 2 aromatic carbocycles. The van der Waals surface area contributed by atoms with Crippen LogP contribution in [-0.2, 0) is 26.0 Å². The van der Waals surface area contributed by atoms with Crippen molar-refractivity contribution in [3.05, 3.63) is 58.1 Å².